The Labute approximate surface area is 200 Å². The van der Waals surface area contributed by atoms with Gasteiger partial charge >= 0.3 is 5.97 Å². The molecule has 31 heavy (non-hydrogen) atoms. The summed E-state index contributed by atoms with van der Waals surface area (Å²) in [5, 5.41) is 21.7. The van der Waals surface area contributed by atoms with E-state index in [0.29, 0.717) is 22.0 Å². The van der Waals surface area contributed by atoms with Gasteiger partial charge < -0.3 is 10.4 Å². The molecule has 15 heteroatoms. The molecule has 2 aliphatic heterocycles. The molecule has 1 saturated heterocycles. The molecule has 164 valence electrons. The number of hydrogen-bond acceptors (Lipinski definition) is 12. The number of carbonyl (C=O) groups is 3. The molecule has 0 radical (unpaired) electrons. The van der Waals surface area contributed by atoms with Crippen molar-refractivity contribution in [3.05, 3.63) is 30.4 Å². The molecule has 0 aliphatic carbocycles. The molecule has 2 aliphatic rings. The topological polar surface area (TPSA) is 130 Å². The summed E-state index contributed by atoms with van der Waals surface area (Å²) in [7, 11) is 0. The van der Waals surface area contributed by atoms with Crippen molar-refractivity contribution in [1.82, 2.24) is 20.4 Å². The zero-order chi connectivity index (χ0) is 22.1. The van der Waals surface area contributed by atoms with Crippen LogP contribution in [0.3, 0.4) is 0 Å². The number of nitrogens with one attached hydrogen (secondary N) is 1. The van der Waals surface area contributed by atoms with Crippen LogP contribution >= 0.6 is 69.3 Å². The largest absolute Gasteiger partial charge is 0.477 e. The number of amides is 2. The van der Waals surface area contributed by atoms with Crippen LogP contribution < -0.4 is 9.37 Å². The Morgan fingerprint density at radius 3 is 2.71 bits per heavy atom. The number of thioether (sulfide) groups is 3. The van der Waals surface area contributed by atoms with Gasteiger partial charge in [0.25, 0.3) is 9.96 Å². The maximum absolute atomic E-state index is 12.7. The van der Waals surface area contributed by atoms with Crippen LogP contribution in [-0.4, -0.2) is 67.2 Å². The Morgan fingerprint density at radius 1 is 1.29 bits per heavy atom. The molecule has 9 nitrogen and oxygen atoms in total. The van der Waals surface area contributed by atoms with Gasteiger partial charge in [-0.25, -0.2) is 4.79 Å². The summed E-state index contributed by atoms with van der Waals surface area (Å²) in [6.45, 7) is 0. The number of carboxylic acids is 1. The van der Waals surface area contributed by atoms with Crippen molar-refractivity contribution in [3.63, 3.8) is 0 Å². The maximum atomic E-state index is 12.7. The normalized spacial score (nSPS) is 20.4. The molecule has 4 heterocycles. The quantitative estimate of drug-likeness (QED) is 0.382. The fourth-order valence-corrected chi connectivity index (χ4v) is 8.66. The van der Waals surface area contributed by atoms with E-state index in [4.69, 9.17) is 0 Å². The minimum Gasteiger partial charge on any atom is -0.477 e. The van der Waals surface area contributed by atoms with Gasteiger partial charge in [-0.15, -0.1) is 22.0 Å². The summed E-state index contributed by atoms with van der Waals surface area (Å²) >= 11 is 7.79. The molecular weight excluding hydrogens is 521 g/mol. The molecule has 0 saturated carbocycles. The maximum Gasteiger partial charge on any atom is 0.352 e. The van der Waals surface area contributed by atoms with Crippen LogP contribution in [0.15, 0.2) is 30.1 Å². The van der Waals surface area contributed by atoms with E-state index < -0.39 is 23.3 Å². The van der Waals surface area contributed by atoms with Crippen LogP contribution in [0, 0.1) is 0 Å². The molecule has 2 aromatic heterocycles. The molecule has 2 aromatic rings. The molecule has 2 atom stereocenters. The monoisotopic (exact) mass is 534 g/mol. The van der Waals surface area contributed by atoms with Gasteiger partial charge in [0.15, 0.2) is 8.68 Å². The van der Waals surface area contributed by atoms with Crippen molar-refractivity contribution in [1.29, 1.82) is 0 Å². The Hall–Kier alpha value is -1.39. The zero-order valence-corrected chi connectivity index (χ0v) is 20.6. The number of fused-ring (bicyclic) bond motifs is 1. The Kier molecular flexibility index (Phi) is 7.07. The van der Waals surface area contributed by atoms with E-state index in [1.54, 1.807) is 5.38 Å². The van der Waals surface area contributed by atoms with Crippen molar-refractivity contribution < 1.29 is 19.5 Å². The first-order chi connectivity index (χ1) is 14.9. The van der Waals surface area contributed by atoms with Crippen molar-refractivity contribution in [3.8, 4) is 0 Å². The SMILES string of the molecule is CSc1nnc(SCC2=C(C(=O)O)N3C(=O)C(NC(=O)Cc4csc(=O)s4)C3SC2)s1. The van der Waals surface area contributed by atoms with Crippen molar-refractivity contribution in [2.45, 2.75) is 26.5 Å². The molecule has 0 aromatic carbocycles. The molecule has 0 spiro atoms. The van der Waals surface area contributed by atoms with Crippen LogP contribution in [0.25, 0.3) is 0 Å². The first kappa shape index (κ1) is 22.8. The smallest absolute Gasteiger partial charge is 0.352 e. The van der Waals surface area contributed by atoms with Crippen LogP contribution in [0.4, 0.5) is 0 Å². The zero-order valence-electron chi connectivity index (χ0n) is 15.7. The van der Waals surface area contributed by atoms with Gasteiger partial charge in [-0.2, -0.15) is 0 Å². The summed E-state index contributed by atoms with van der Waals surface area (Å²) in [4.78, 5) is 50.1. The lowest BCUT2D eigenvalue weighted by Gasteiger charge is -2.49. The summed E-state index contributed by atoms with van der Waals surface area (Å²) in [5.74, 6) is -1.14. The van der Waals surface area contributed by atoms with Gasteiger partial charge in [-0.3, -0.25) is 19.3 Å². The van der Waals surface area contributed by atoms with Crippen molar-refractivity contribution in [2.24, 2.45) is 0 Å². The van der Waals surface area contributed by atoms with Gasteiger partial charge in [0.1, 0.15) is 17.1 Å². The second-order valence-corrected chi connectivity index (χ2v) is 12.8. The van der Waals surface area contributed by atoms with Gasteiger partial charge in [0.05, 0.1) is 6.42 Å². The van der Waals surface area contributed by atoms with Crippen LogP contribution in [-0.2, 0) is 20.8 Å². The van der Waals surface area contributed by atoms with Gasteiger partial charge in [-0.05, 0) is 11.8 Å². The van der Waals surface area contributed by atoms with Crippen LogP contribution in [0.1, 0.15) is 4.88 Å². The lowest BCUT2D eigenvalue weighted by Crippen LogP contribution is -2.70. The van der Waals surface area contributed by atoms with Gasteiger partial charge in [0, 0.05) is 21.8 Å². The summed E-state index contributed by atoms with van der Waals surface area (Å²) in [6.07, 6.45) is 1.93. The minimum absolute atomic E-state index is 0.0163. The molecular formula is C16H14N4O5S6. The third kappa shape index (κ3) is 4.85. The lowest BCUT2D eigenvalue weighted by molar-refractivity contribution is -0.150. The molecule has 1 fully saturated rings. The minimum atomic E-state index is -1.16. The third-order valence-electron chi connectivity index (χ3n) is 4.33. The van der Waals surface area contributed by atoms with E-state index in [-0.39, 0.29) is 22.1 Å². The number of carbonyl (C=O) groups excluding carboxylic acids is 2. The van der Waals surface area contributed by atoms with E-state index >= 15 is 0 Å². The van der Waals surface area contributed by atoms with Gasteiger partial charge in [0.2, 0.25) is 5.91 Å². The summed E-state index contributed by atoms with van der Waals surface area (Å²) < 4.78 is 1.49. The van der Waals surface area contributed by atoms with Crippen LogP contribution in [0.5, 0.6) is 0 Å². The predicted octanol–water partition coefficient (Wildman–Crippen LogP) is 1.82. The van der Waals surface area contributed by atoms with E-state index in [1.165, 1.54) is 51.5 Å². The summed E-state index contributed by atoms with van der Waals surface area (Å²) in [5.41, 5.74) is 0.623. The lowest BCUT2D eigenvalue weighted by atomic mass is 10.0. The highest BCUT2D eigenvalue weighted by molar-refractivity contribution is 8.03. The highest BCUT2D eigenvalue weighted by atomic mass is 32.2. The third-order valence-corrected chi connectivity index (χ3v) is 10.8. The van der Waals surface area contributed by atoms with Crippen LogP contribution in [0.2, 0.25) is 0 Å². The number of rotatable bonds is 8. The van der Waals surface area contributed by atoms with E-state index in [2.05, 4.69) is 15.5 Å². The number of aromatic nitrogens is 2. The molecule has 0 bridgehead atoms. The second-order valence-electron chi connectivity index (χ2n) is 6.27. The standard InChI is InChI=1S/C16H14N4O5S6/c1-26-14-18-19-15(31-14)28-4-6-3-27-12-9(11(22)20(12)10(6)13(23)24)17-8(21)2-7-5-29-16(25)30-7/h5,9,12H,2-4H2,1H3,(H,17,21)(H,23,24). The van der Waals surface area contributed by atoms with E-state index in [1.807, 2.05) is 6.26 Å². The number of hydrogen-bond donors (Lipinski definition) is 2. The second kappa shape index (κ2) is 9.62. The highest BCUT2D eigenvalue weighted by Crippen LogP contribution is 2.42. The first-order valence-corrected chi connectivity index (χ1v) is 14.4. The van der Waals surface area contributed by atoms with E-state index in [9.17, 15) is 24.3 Å². The first-order valence-electron chi connectivity index (χ1n) is 8.64. The molecule has 2 amide bonds. The Morgan fingerprint density at radius 2 is 2.06 bits per heavy atom. The number of carboxylic acid groups (broad SMARTS) is 1. The Bertz CT molecular complexity index is 1120. The molecule has 2 N–H and O–H groups in total. The average Bonchev–Trinajstić information content (AvgIpc) is 3.38. The number of β-lactam (4-membered cyclic amide) rings is 1. The average molecular weight is 535 g/mol. The van der Waals surface area contributed by atoms with E-state index in [0.717, 1.165) is 31.4 Å². The predicted molar refractivity (Wildman–Crippen MR) is 124 cm³/mol. The molecule has 2 unspecified atom stereocenters. The number of nitrogens with zero attached hydrogens (tertiary/aromatic N) is 3. The Balaban J connectivity index is 1.42. The van der Waals surface area contributed by atoms with Crippen molar-refractivity contribution >= 4 is 87.1 Å². The van der Waals surface area contributed by atoms with Gasteiger partial charge in [-0.1, -0.05) is 57.5 Å². The highest BCUT2D eigenvalue weighted by Gasteiger charge is 2.54. The summed E-state index contributed by atoms with van der Waals surface area (Å²) in [6, 6.07) is -0.774. The fraction of sp³-hybridized carbons (Fsp3) is 0.375. The number of aliphatic carboxylic acids is 1. The van der Waals surface area contributed by atoms with Crippen molar-refractivity contribution in [2.75, 3.05) is 17.8 Å². The fourth-order valence-electron chi connectivity index (χ4n) is 3.01. The molecule has 4 rings (SSSR count).